The Morgan fingerprint density at radius 1 is 0.815 bits per heavy atom. The lowest BCUT2D eigenvalue weighted by Crippen LogP contribution is -2.06. The Balaban J connectivity index is 1.95. The Kier molecular flexibility index (Phi) is 4.18. The number of alkyl halides is 3. The zero-order valence-corrected chi connectivity index (χ0v) is 14.0. The monoisotopic (exact) mass is 370 g/mol. The minimum Gasteiger partial charge on any atom is -0.259 e. The molecule has 0 aliphatic heterocycles. The van der Waals surface area contributed by atoms with Gasteiger partial charge < -0.3 is 0 Å². The summed E-state index contributed by atoms with van der Waals surface area (Å²) in [5.74, 6) is -0.369. The lowest BCUT2D eigenvalue weighted by atomic mass is 10.0. The maximum Gasteiger partial charge on any atom is 0.418 e. The molecule has 0 atom stereocenters. The van der Waals surface area contributed by atoms with E-state index in [2.05, 4.69) is 5.10 Å². The van der Waals surface area contributed by atoms with Gasteiger partial charge in [-0.2, -0.15) is 18.3 Å². The molecular weight excluding hydrogens is 356 g/mol. The summed E-state index contributed by atoms with van der Waals surface area (Å²) in [6, 6.07) is 19.1. The fraction of sp³-hybridized carbons (Fsp3) is 0.0952. The van der Waals surface area contributed by atoms with E-state index >= 15 is 0 Å². The van der Waals surface area contributed by atoms with E-state index in [1.807, 2.05) is 30.3 Å². The van der Waals surface area contributed by atoms with Crippen molar-refractivity contribution in [1.29, 1.82) is 0 Å². The van der Waals surface area contributed by atoms with Crippen molar-refractivity contribution in [2.75, 3.05) is 0 Å². The van der Waals surface area contributed by atoms with Crippen LogP contribution >= 0.6 is 0 Å². The molecule has 0 saturated heterocycles. The van der Waals surface area contributed by atoms with Gasteiger partial charge in [0.1, 0.15) is 11.3 Å². The second kappa shape index (κ2) is 6.54. The molecule has 0 amide bonds. The molecule has 27 heavy (non-hydrogen) atoms. The van der Waals surface area contributed by atoms with Crippen molar-refractivity contribution in [1.82, 2.24) is 9.78 Å². The molecule has 0 bridgehead atoms. The lowest BCUT2D eigenvalue weighted by molar-refractivity contribution is -0.136. The first-order valence-electron chi connectivity index (χ1n) is 8.30. The van der Waals surface area contributed by atoms with Gasteiger partial charge in [-0.15, -0.1) is 0 Å². The topological polar surface area (TPSA) is 17.8 Å². The summed E-state index contributed by atoms with van der Waals surface area (Å²) in [4.78, 5) is 0. The third kappa shape index (κ3) is 3.30. The predicted octanol–water partition coefficient (Wildman–Crippen LogP) is 5.91. The maximum atomic E-state index is 13.4. The second-order valence-corrected chi connectivity index (χ2v) is 6.20. The van der Waals surface area contributed by atoms with Crippen LogP contribution in [0.4, 0.5) is 17.6 Å². The minimum absolute atomic E-state index is 0.0917. The van der Waals surface area contributed by atoms with E-state index in [1.165, 1.54) is 18.2 Å². The van der Waals surface area contributed by atoms with E-state index in [1.54, 1.807) is 22.9 Å². The van der Waals surface area contributed by atoms with Gasteiger partial charge in [0.15, 0.2) is 0 Å². The number of hydrogen-bond donors (Lipinski definition) is 0. The first-order chi connectivity index (χ1) is 12.9. The molecule has 0 saturated carbocycles. The minimum atomic E-state index is -4.50. The van der Waals surface area contributed by atoms with Gasteiger partial charge in [0.25, 0.3) is 0 Å². The van der Waals surface area contributed by atoms with E-state index in [0.29, 0.717) is 11.1 Å². The van der Waals surface area contributed by atoms with Crippen molar-refractivity contribution in [3.8, 4) is 11.3 Å². The fourth-order valence-corrected chi connectivity index (χ4v) is 3.16. The molecule has 2 nitrogen and oxygen atoms in total. The molecule has 6 heteroatoms. The zero-order chi connectivity index (χ0) is 19.0. The van der Waals surface area contributed by atoms with Crippen LogP contribution in [0.5, 0.6) is 0 Å². The van der Waals surface area contributed by atoms with E-state index in [4.69, 9.17) is 0 Å². The molecule has 0 radical (unpaired) electrons. The van der Waals surface area contributed by atoms with Crippen molar-refractivity contribution in [3.05, 3.63) is 89.7 Å². The molecule has 0 N–H and O–H groups in total. The van der Waals surface area contributed by atoms with Gasteiger partial charge in [-0.1, -0.05) is 54.6 Å². The standard InChI is InChI=1S/C21H14F4N2/c22-16-11-9-14(10-12-16)13-27-20(15-5-2-1-3-6-15)17-7-4-8-18(19(17)26-27)21(23,24)25/h1-12H,13H2. The molecule has 1 aromatic heterocycles. The third-order valence-electron chi connectivity index (χ3n) is 4.37. The van der Waals surface area contributed by atoms with Crippen LogP contribution in [0.1, 0.15) is 11.1 Å². The molecular formula is C21H14F4N2. The number of benzene rings is 3. The smallest absolute Gasteiger partial charge is 0.259 e. The third-order valence-corrected chi connectivity index (χ3v) is 4.37. The average Bonchev–Trinajstić information content (AvgIpc) is 3.01. The van der Waals surface area contributed by atoms with Crippen molar-refractivity contribution in [2.45, 2.75) is 12.7 Å². The normalized spacial score (nSPS) is 11.9. The van der Waals surface area contributed by atoms with Gasteiger partial charge in [-0.05, 0) is 23.8 Å². The molecule has 136 valence electrons. The first kappa shape index (κ1) is 17.3. The van der Waals surface area contributed by atoms with Crippen molar-refractivity contribution in [3.63, 3.8) is 0 Å². The lowest BCUT2D eigenvalue weighted by Gasteiger charge is -2.08. The Labute approximate surface area is 152 Å². The number of nitrogens with zero attached hydrogens (tertiary/aromatic N) is 2. The van der Waals surface area contributed by atoms with Gasteiger partial charge >= 0.3 is 6.18 Å². The Hall–Kier alpha value is -3.15. The molecule has 1 heterocycles. The summed E-state index contributed by atoms with van der Waals surface area (Å²) >= 11 is 0. The molecule has 4 aromatic rings. The Morgan fingerprint density at radius 2 is 1.52 bits per heavy atom. The summed E-state index contributed by atoms with van der Waals surface area (Å²) < 4.78 is 55.0. The summed E-state index contributed by atoms with van der Waals surface area (Å²) in [5.41, 5.74) is 1.25. The van der Waals surface area contributed by atoms with Gasteiger partial charge in [-0.3, -0.25) is 4.68 Å². The molecule has 0 aliphatic carbocycles. The van der Waals surface area contributed by atoms with Crippen LogP contribution < -0.4 is 0 Å². The van der Waals surface area contributed by atoms with Crippen molar-refractivity contribution >= 4 is 10.9 Å². The van der Waals surface area contributed by atoms with E-state index in [9.17, 15) is 17.6 Å². The van der Waals surface area contributed by atoms with Crippen LogP contribution in [0.25, 0.3) is 22.2 Å². The van der Waals surface area contributed by atoms with Crippen LogP contribution in [0.2, 0.25) is 0 Å². The van der Waals surface area contributed by atoms with Crippen LogP contribution in [-0.2, 0) is 12.7 Å². The van der Waals surface area contributed by atoms with Crippen molar-refractivity contribution < 1.29 is 17.6 Å². The number of rotatable bonds is 3. The number of fused-ring (bicyclic) bond motifs is 1. The number of aromatic nitrogens is 2. The van der Waals surface area contributed by atoms with Gasteiger partial charge in [-0.25, -0.2) is 4.39 Å². The first-order valence-corrected chi connectivity index (χ1v) is 8.30. The number of halogens is 4. The van der Waals surface area contributed by atoms with Crippen LogP contribution in [-0.4, -0.2) is 9.78 Å². The molecule has 3 aromatic carbocycles. The largest absolute Gasteiger partial charge is 0.418 e. The highest BCUT2D eigenvalue weighted by molar-refractivity contribution is 5.95. The molecule has 0 aliphatic rings. The fourth-order valence-electron chi connectivity index (χ4n) is 3.16. The van der Waals surface area contributed by atoms with E-state index < -0.39 is 11.7 Å². The molecule has 4 rings (SSSR count). The highest BCUT2D eigenvalue weighted by Crippen LogP contribution is 2.38. The van der Waals surface area contributed by atoms with Crippen molar-refractivity contribution in [2.24, 2.45) is 0 Å². The van der Waals surface area contributed by atoms with Crippen LogP contribution in [0, 0.1) is 5.82 Å². The van der Waals surface area contributed by atoms with E-state index in [-0.39, 0.29) is 17.9 Å². The highest BCUT2D eigenvalue weighted by Gasteiger charge is 2.34. The predicted molar refractivity (Wildman–Crippen MR) is 95.7 cm³/mol. The average molecular weight is 370 g/mol. The van der Waals surface area contributed by atoms with Gasteiger partial charge in [0.2, 0.25) is 0 Å². The SMILES string of the molecule is Fc1ccc(Cn2nc3c(C(F)(F)F)cccc3c2-c2ccccc2)cc1. The number of hydrogen-bond acceptors (Lipinski definition) is 1. The summed E-state index contributed by atoms with van der Waals surface area (Å²) in [5, 5.41) is 4.70. The molecule has 0 unspecified atom stereocenters. The van der Waals surface area contributed by atoms with Gasteiger partial charge in [0, 0.05) is 10.9 Å². The van der Waals surface area contributed by atoms with E-state index in [0.717, 1.165) is 17.2 Å². The maximum absolute atomic E-state index is 13.4. The zero-order valence-electron chi connectivity index (χ0n) is 14.0. The Morgan fingerprint density at radius 3 is 2.19 bits per heavy atom. The van der Waals surface area contributed by atoms with Crippen LogP contribution in [0.3, 0.4) is 0 Å². The molecule has 0 spiro atoms. The summed E-state index contributed by atoms with van der Waals surface area (Å²) in [7, 11) is 0. The van der Waals surface area contributed by atoms with Crippen LogP contribution in [0.15, 0.2) is 72.8 Å². The van der Waals surface area contributed by atoms with Gasteiger partial charge in [0.05, 0.1) is 17.8 Å². The summed E-state index contributed by atoms with van der Waals surface area (Å²) in [6.45, 7) is 0.233. The molecule has 0 fully saturated rings. The second-order valence-electron chi connectivity index (χ2n) is 6.20. The summed E-state index contributed by atoms with van der Waals surface area (Å²) in [6.07, 6.45) is -4.50. The Bertz CT molecular complexity index is 1080. The quantitative estimate of drug-likeness (QED) is 0.410. The highest BCUT2D eigenvalue weighted by atomic mass is 19.4.